The van der Waals surface area contributed by atoms with Crippen molar-refractivity contribution in [2.75, 3.05) is 11.9 Å². The van der Waals surface area contributed by atoms with Gasteiger partial charge in [0.05, 0.1) is 24.0 Å². The number of thiazole rings is 1. The van der Waals surface area contributed by atoms with Crippen LogP contribution in [0.3, 0.4) is 0 Å². The second kappa shape index (κ2) is 8.13. The molecule has 1 aliphatic rings. The average Bonchev–Trinajstić information content (AvgIpc) is 3.23. The number of anilines is 1. The topological polar surface area (TPSA) is 89.4 Å². The molecule has 3 rings (SSSR count). The minimum absolute atomic E-state index is 0.173. The first-order valence-electron chi connectivity index (χ1n) is 9.69. The predicted molar refractivity (Wildman–Crippen MR) is 108 cm³/mol. The Balaban J connectivity index is 1.77. The molecule has 31 heavy (non-hydrogen) atoms. The molecule has 0 aromatic carbocycles. The number of carbonyl (C=O) groups is 2. The number of hydrogen-bond acceptors (Lipinski definition) is 6. The average molecular weight is 459 g/mol. The number of ether oxygens (including phenoxy) is 1. The lowest BCUT2D eigenvalue weighted by Gasteiger charge is -2.29. The van der Waals surface area contributed by atoms with E-state index in [1.807, 2.05) is 0 Å². The normalized spacial score (nSPS) is 14.5. The van der Waals surface area contributed by atoms with Gasteiger partial charge in [0.15, 0.2) is 10.8 Å². The van der Waals surface area contributed by atoms with Gasteiger partial charge in [-0.15, -0.1) is 0 Å². The summed E-state index contributed by atoms with van der Waals surface area (Å²) >= 11 is 1.12. The SMILES string of the molecule is CC(C)n1ncc(C(=O)Nc2nc3c(s2)CN(C(=O)OC(C)(C)C)CC3)c1C(F)(F)F. The van der Waals surface area contributed by atoms with Crippen LogP contribution in [0.15, 0.2) is 6.20 Å². The first-order valence-corrected chi connectivity index (χ1v) is 10.5. The molecule has 0 radical (unpaired) electrons. The van der Waals surface area contributed by atoms with Crippen molar-refractivity contribution in [3.63, 3.8) is 0 Å². The number of nitrogens with zero attached hydrogens (tertiary/aromatic N) is 4. The number of carbonyl (C=O) groups excluding carboxylic acids is 2. The number of alkyl halides is 3. The second-order valence-corrected chi connectivity index (χ2v) is 9.52. The fourth-order valence-electron chi connectivity index (χ4n) is 3.10. The van der Waals surface area contributed by atoms with Crippen molar-refractivity contribution in [1.82, 2.24) is 19.7 Å². The third-order valence-electron chi connectivity index (χ3n) is 4.40. The van der Waals surface area contributed by atoms with E-state index < -0.39 is 41.1 Å². The van der Waals surface area contributed by atoms with Gasteiger partial charge in [0, 0.05) is 23.9 Å². The van der Waals surface area contributed by atoms with E-state index >= 15 is 0 Å². The summed E-state index contributed by atoms with van der Waals surface area (Å²) in [6.07, 6.45) is -3.81. The quantitative estimate of drug-likeness (QED) is 0.731. The maximum atomic E-state index is 13.5. The minimum atomic E-state index is -4.73. The Morgan fingerprint density at radius 1 is 1.26 bits per heavy atom. The lowest BCUT2D eigenvalue weighted by molar-refractivity contribution is -0.145. The van der Waals surface area contributed by atoms with Crippen LogP contribution in [0.4, 0.5) is 23.1 Å². The van der Waals surface area contributed by atoms with Crippen LogP contribution < -0.4 is 5.32 Å². The van der Waals surface area contributed by atoms with Crippen molar-refractivity contribution >= 4 is 28.5 Å². The zero-order valence-electron chi connectivity index (χ0n) is 17.8. The van der Waals surface area contributed by atoms with E-state index in [1.165, 1.54) is 4.90 Å². The van der Waals surface area contributed by atoms with E-state index in [-0.39, 0.29) is 11.7 Å². The third kappa shape index (κ3) is 5.17. The molecule has 0 bridgehead atoms. The summed E-state index contributed by atoms with van der Waals surface area (Å²) in [5.41, 5.74) is -1.59. The summed E-state index contributed by atoms with van der Waals surface area (Å²) < 4.78 is 46.7. The van der Waals surface area contributed by atoms with Crippen molar-refractivity contribution in [3.8, 4) is 0 Å². The highest BCUT2D eigenvalue weighted by Crippen LogP contribution is 2.35. The Hall–Kier alpha value is -2.63. The summed E-state index contributed by atoms with van der Waals surface area (Å²) in [4.78, 5) is 31.5. The third-order valence-corrected chi connectivity index (χ3v) is 5.40. The van der Waals surface area contributed by atoms with Crippen LogP contribution in [0.5, 0.6) is 0 Å². The number of fused-ring (bicyclic) bond motifs is 1. The second-order valence-electron chi connectivity index (χ2n) is 8.44. The molecule has 0 spiro atoms. The molecule has 1 N–H and O–H groups in total. The summed E-state index contributed by atoms with van der Waals surface area (Å²) in [6.45, 7) is 9.09. The van der Waals surface area contributed by atoms with E-state index in [1.54, 1.807) is 34.6 Å². The smallest absolute Gasteiger partial charge is 0.433 e. The highest BCUT2D eigenvalue weighted by Gasteiger charge is 2.41. The Morgan fingerprint density at radius 3 is 2.52 bits per heavy atom. The van der Waals surface area contributed by atoms with Crippen molar-refractivity contribution < 1.29 is 27.5 Å². The van der Waals surface area contributed by atoms with Crippen molar-refractivity contribution in [3.05, 3.63) is 28.0 Å². The van der Waals surface area contributed by atoms with E-state index in [0.717, 1.165) is 27.1 Å². The van der Waals surface area contributed by atoms with Gasteiger partial charge in [0.1, 0.15) is 5.60 Å². The van der Waals surface area contributed by atoms with Gasteiger partial charge in [-0.2, -0.15) is 18.3 Å². The van der Waals surface area contributed by atoms with Crippen LogP contribution in [0.1, 0.15) is 67.3 Å². The molecule has 0 saturated heterocycles. The molecule has 2 amide bonds. The van der Waals surface area contributed by atoms with E-state index in [4.69, 9.17) is 4.74 Å². The van der Waals surface area contributed by atoms with Gasteiger partial charge in [-0.25, -0.2) is 9.78 Å². The first kappa shape index (κ1) is 23.0. The fourth-order valence-corrected chi connectivity index (χ4v) is 4.12. The van der Waals surface area contributed by atoms with E-state index in [2.05, 4.69) is 15.4 Å². The van der Waals surface area contributed by atoms with Gasteiger partial charge in [-0.3, -0.25) is 14.8 Å². The van der Waals surface area contributed by atoms with Crippen molar-refractivity contribution in [2.45, 2.75) is 65.4 Å². The standard InChI is InChI=1S/C19H24F3N5O3S/c1-10(2)27-14(19(20,21)22)11(8-23-27)15(28)25-16-24-12-6-7-26(9-13(12)31-16)17(29)30-18(3,4)5/h8,10H,6-7,9H2,1-5H3,(H,24,25,28). The number of aromatic nitrogens is 3. The van der Waals surface area contributed by atoms with Crippen molar-refractivity contribution in [1.29, 1.82) is 0 Å². The van der Waals surface area contributed by atoms with Gasteiger partial charge in [-0.1, -0.05) is 11.3 Å². The summed E-state index contributed by atoms with van der Waals surface area (Å²) in [7, 11) is 0. The fraction of sp³-hybridized carbons (Fsp3) is 0.579. The molecule has 170 valence electrons. The molecule has 0 atom stereocenters. The van der Waals surface area contributed by atoms with Crippen molar-refractivity contribution in [2.24, 2.45) is 0 Å². The highest BCUT2D eigenvalue weighted by atomic mass is 32.1. The lowest BCUT2D eigenvalue weighted by atomic mass is 10.2. The lowest BCUT2D eigenvalue weighted by Crippen LogP contribution is -2.39. The van der Waals surface area contributed by atoms with E-state index in [0.29, 0.717) is 18.7 Å². The minimum Gasteiger partial charge on any atom is -0.444 e. The van der Waals surface area contributed by atoms with Crippen LogP contribution in [0, 0.1) is 0 Å². The molecule has 0 fully saturated rings. The van der Waals surface area contributed by atoms with Crippen LogP contribution >= 0.6 is 11.3 Å². The maximum Gasteiger partial charge on any atom is 0.433 e. The summed E-state index contributed by atoms with van der Waals surface area (Å²) in [5, 5.41) is 6.34. The van der Waals surface area contributed by atoms with Crippen LogP contribution in [-0.4, -0.2) is 43.8 Å². The van der Waals surface area contributed by atoms with Gasteiger partial charge in [0.25, 0.3) is 5.91 Å². The van der Waals surface area contributed by atoms with Gasteiger partial charge in [-0.05, 0) is 34.6 Å². The number of nitrogens with one attached hydrogen (secondary N) is 1. The number of halogens is 3. The molecule has 3 heterocycles. The molecule has 12 heteroatoms. The molecule has 0 saturated carbocycles. The zero-order valence-corrected chi connectivity index (χ0v) is 18.6. The molecular weight excluding hydrogens is 435 g/mol. The Bertz CT molecular complexity index is 991. The Morgan fingerprint density at radius 2 is 1.94 bits per heavy atom. The molecule has 2 aromatic heterocycles. The van der Waals surface area contributed by atoms with Gasteiger partial charge in [0.2, 0.25) is 0 Å². The Kier molecular flexibility index (Phi) is 6.05. The molecular formula is C19H24F3N5O3S. The summed E-state index contributed by atoms with van der Waals surface area (Å²) in [6, 6.07) is -0.566. The van der Waals surface area contributed by atoms with Crippen LogP contribution in [0.2, 0.25) is 0 Å². The zero-order chi connectivity index (χ0) is 23.1. The molecule has 2 aromatic rings. The predicted octanol–water partition coefficient (Wildman–Crippen LogP) is 4.48. The molecule has 0 unspecified atom stereocenters. The highest BCUT2D eigenvalue weighted by molar-refractivity contribution is 7.15. The molecule has 1 aliphatic heterocycles. The monoisotopic (exact) mass is 459 g/mol. The van der Waals surface area contributed by atoms with E-state index in [9.17, 15) is 22.8 Å². The van der Waals surface area contributed by atoms with Gasteiger partial charge < -0.3 is 9.64 Å². The largest absolute Gasteiger partial charge is 0.444 e. The van der Waals surface area contributed by atoms with Crippen LogP contribution in [0.25, 0.3) is 0 Å². The maximum absolute atomic E-state index is 13.5. The Labute approximate surface area is 181 Å². The number of rotatable bonds is 3. The van der Waals surface area contributed by atoms with Gasteiger partial charge >= 0.3 is 12.3 Å². The number of amides is 2. The summed E-state index contributed by atoms with van der Waals surface area (Å²) in [5.74, 6) is -0.936. The number of hydrogen-bond donors (Lipinski definition) is 1. The molecule has 0 aliphatic carbocycles. The van der Waals surface area contributed by atoms with Crippen LogP contribution in [-0.2, 0) is 23.9 Å². The first-order chi connectivity index (χ1) is 14.3. The molecule has 8 nitrogen and oxygen atoms in total.